The molecule has 0 bridgehead atoms. The van der Waals surface area contributed by atoms with Crippen LogP contribution < -0.4 is 0 Å². The van der Waals surface area contributed by atoms with Crippen molar-refractivity contribution in [2.75, 3.05) is 7.05 Å². The molecule has 1 heteroatoms. The minimum absolute atomic E-state index is 0.413. The Hall–Kier alpha value is -2.67. The molecule has 32 heavy (non-hydrogen) atoms. The van der Waals surface area contributed by atoms with Gasteiger partial charge in [-0.3, -0.25) is 4.99 Å². The van der Waals surface area contributed by atoms with Crippen LogP contribution in [0.4, 0.5) is 0 Å². The molecule has 2 aliphatic rings. The predicted molar refractivity (Wildman–Crippen MR) is 140 cm³/mol. The van der Waals surface area contributed by atoms with Crippen molar-refractivity contribution >= 4 is 11.3 Å². The molecule has 0 amide bonds. The zero-order valence-electron chi connectivity index (χ0n) is 20.2. The van der Waals surface area contributed by atoms with Gasteiger partial charge in [0, 0.05) is 7.05 Å². The van der Waals surface area contributed by atoms with Crippen molar-refractivity contribution in [1.29, 1.82) is 0 Å². The van der Waals surface area contributed by atoms with Gasteiger partial charge < -0.3 is 0 Å². The Morgan fingerprint density at radius 1 is 1.03 bits per heavy atom. The molecule has 0 N–H and O–H groups in total. The zero-order chi connectivity index (χ0) is 22.7. The highest BCUT2D eigenvalue weighted by atomic mass is 14.7. The maximum atomic E-state index is 4.38. The molecule has 0 aromatic heterocycles. The Labute approximate surface area is 194 Å². The molecule has 4 rings (SSSR count). The lowest BCUT2D eigenvalue weighted by Gasteiger charge is -2.52. The van der Waals surface area contributed by atoms with Gasteiger partial charge in [-0.05, 0) is 91.2 Å². The number of nitrogens with zero attached hydrogens (tertiary/aromatic N) is 1. The summed E-state index contributed by atoms with van der Waals surface area (Å²) in [4.78, 5) is 4.38. The number of hydrogen-bond acceptors (Lipinski definition) is 1. The molecular formula is C31H37N. The van der Waals surface area contributed by atoms with Crippen molar-refractivity contribution in [2.45, 2.75) is 65.2 Å². The Morgan fingerprint density at radius 3 is 2.12 bits per heavy atom. The fourth-order valence-electron chi connectivity index (χ4n) is 5.43. The normalized spacial score (nSPS) is 18.4. The number of hydrogen-bond donors (Lipinski definition) is 0. The maximum absolute atomic E-state index is 4.38. The molecule has 2 saturated carbocycles. The van der Waals surface area contributed by atoms with Crippen molar-refractivity contribution in [3.63, 3.8) is 0 Å². The van der Waals surface area contributed by atoms with E-state index in [0.717, 1.165) is 17.7 Å². The molecular weight excluding hydrogens is 386 g/mol. The summed E-state index contributed by atoms with van der Waals surface area (Å²) in [7, 11) is 1.84. The van der Waals surface area contributed by atoms with Gasteiger partial charge in [0.1, 0.15) is 0 Å². The third-order valence-electron chi connectivity index (χ3n) is 7.53. The summed E-state index contributed by atoms with van der Waals surface area (Å²) in [5.74, 6) is 0.413. The molecule has 2 aromatic carbocycles. The lowest BCUT2D eigenvalue weighted by Crippen LogP contribution is -2.38. The molecule has 1 nitrogen and oxygen atoms in total. The van der Waals surface area contributed by atoms with E-state index >= 15 is 0 Å². The second-order valence-electron chi connectivity index (χ2n) is 9.99. The van der Waals surface area contributed by atoms with Crippen LogP contribution in [-0.2, 0) is 0 Å². The van der Waals surface area contributed by atoms with E-state index < -0.39 is 0 Å². The summed E-state index contributed by atoms with van der Waals surface area (Å²) >= 11 is 0. The van der Waals surface area contributed by atoms with Crippen LogP contribution in [0.2, 0.25) is 0 Å². The summed E-state index contributed by atoms with van der Waals surface area (Å²) in [6.45, 7) is 10.8. The highest BCUT2D eigenvalue weighted by molar-refractivity contribution is 6.07. The molecule has 166 valence electrons. The van der Waals surface area contributed by atoms with Crippen LogP contribution in [0, 0.1) is 12.3 Å². The largest absolute Gasteiger partial charge is 0.288 e. The van der Waals surface area contributed by atoms with E-state index in [4.69, 9.17) is 0 Å². The molecule has 2 fully saturated rings. The summed E-state index contributed by atoms with van der Waals surface area (Å²) in [5, 5.41) is 0. The van der Waals surface area contributed by atoms with Crippen LogP contribution in [0.3, 0.4) is 0 Å². The summed E-state index contributed by atoms with van der Waals surface area (Å²) in [5.41, 5.74) is 11.3. The molecule has 0 radical (unpaired) electrons. The van der Waals surface area contributed by atoms with Gasteiger partial charge in [-0.15, -0.1) is 0 Å². The Balaban J connectivity index is 1.57. The average Bonchev–Trinajstić information content (AvgIpc) is 2.74. The molecule has 0 saturated heterocycles. The fraction of sp³-hybridized carbons (Fsp3) is 0.387. The lowest BCUT2D eigenvalue weighted by molar-refractivity contribution is 0.0814. The van der Waals surface area contributed by atoms with Gasteiger partial charge in [0.05, 0.1) is 5.71 Å². The topological polar surface area (TPSA) is 12.4 Å². The first-order valence-electron chi connectivity index (χ1n) is 12.1. The number of allylic oxidation sites excluding steroid dienone is 4. The molecule has 1 atom stereocenters. The number of benzene rings is 2. The Morgan fingerprint density at radius 2 is 1.62 bits per heavy atom. The van der Waals surface area contributed by atoms with Crippen LogP contribution in [0.25, 0.3) is 5.57 Å². The van der Waals surface area contributed by atoms with Crippen LogP contribution in [0.15, 0.2) is 83.4 Å². The monoisotopic (exact) mass is 423 g/mol. The van der Waals surface area contributed by atoms with E-state index in [1.807, 2.05) is 26.1 Å². The molecule has 2 aromatic rings. The summed E-state index contributed by atoms with van der Waals surface area (Å²) in [6.07, 6.45) is 11.8. The minimum atomic E-state index is 0.413. The highest BCUT2D eigenvalue weighted by Gasteiger charge is 2.46. The lowest BCUT2D eigenvalue weighted by atomic mass is 9.53. The zero-order valence-corrected chi connectivity index (χ0v) is 20.2. The minimum Gasteiger partial charge on any atom is -0.288 e. The maximum Gasteiger partial charge on any atom is 0.0593 e. The van der Waals surface area contributed by atoms with Gasteiger partial charge >= 0.3 is 0 Å². The first-order valence-corrected chi connectivity index (χ1v) is 12.1. The Kier molecular flexibility index (Phi) is 6.65. The van der Waals surface area contributed by atoms with Crippen LogP contribution in [-0.4, -0.2) is 12.8 Å². The van der Waals surface area contributed by atoms with E-state index in [1.165, 1.54) is 59.9 Å². The SMILES string of the molecule is C=C(C[C@H](C)c1ccc(C(=C2CC3(CCC3)C2)c2ccc(C)cc2)cc1)C(/C=C\C)=NC. The van der Waals surface area contributed by atoms with Crippen molar-refractivity contribution in [3.05, 3.63) is 101 Å². The van der Waals surface area contributed by atoms with Crippen LogP contribution in [0.1, 0.15) is 80.5 Å². The van der Waals surface area contributed by atoms with Crippen molar-refractivity contribution in [2.24, 2.45) is 10.4 Å². The van der Waals surface area contributed by atoms with E-state index in [1.54, 1.807) is 5.57 Å². The van der Waals surface area contributed by atoms with Crippen molar-refractivity contribution in [3.8, 4) is 0 Å². The van der Waals surface area contributed by atoms with Gasteiger partial charge in [0.2, 0.25) is 0 Å². The van der Waals surface area contributed by atoms with E-state index in [-0.39, 0.29) is 0 Å². The standard InChI is InChI=1S/C31H37N/c1-6-8-29(32-5)24(4)19-23(3)25-13-15-27(16-14-25)30(26-11-9-22(2)10-12-26)28-20-31(21-28)17-7-18-31/h6,8-16,23H,4,7,17-21H2,1-3,5H3/b8-6-,32-29?/t23-/m0/s1. The summed E-state index contributed by atoms with van der Waals surface area (Å²) in [6, 6.07) is 18.4. The third-order valence-corrected chi connectivity index (χ3v) is 7.53. The van der Waals surface area contributed by atoms with E-state index in [9.17, 15) is 0 Å². The molecule has 0 heterocycles. The van der Waals surface area contributed by atoms with E-state index in [0.29, 0.717) is 11.3 Å². The smallest absolute Gasteiger partial charge is 0.0593 e. The fourth-order valence-corrected chi connectivity index (χ4v) is 5.43. The summed E-state index contributed by atoms with van der Waals surface area (Å²) < 4.78 is 0. The van der Waals surface area contributed by atoms with Gasteiger partial charge in [-0.1, -0.05) is 85.7 Å². The second kappa shape index (κ2) is 9.45. The van der Waals surface area contributed by atoms with E-state index in [2.05, 4.69) is 73.9 Å². The van der Waals surface area contributed by atoms with Gasteiger partial charge in [-0.25, -0.2) is 0 Å². The first kappa shape index (κ1) is 22.5. The highest BCUT2D eigenvalue weighted by Crippen LogP contribution is 2.60. The van der Waals surface area contributed by atoms with Crippen LogP contribution >= 0.6 is 0 Å². The molecule has 0 aliphatic heterocycles. The van der Waals surface area contributed by atoms with Crippen molar-refractivity contribution in [1.82, 2.24) is 0 Å². The van der Waals surface area contributed by atoms with Crippen molar-refractivity contribution < 1.29 is 0 Å². The first-order chi connectivity index (χ1) is 15.4. The molecule has 0 unspecified atom stereocenters. The van der Waals surface area contributed by atoms with Gasteiger partial charge in [0.15, 0.2) is 0 Å². The number of aliphatic imine (C=N–C) groups is 1. The third kappa shape index (κ3) is 4.58. The average molecular weight is 424 g/mol. The van der Waals surface area contributed by atoms with Gasteiger partial charge in [0.25, 0.3) is 0 Å². The van der Waals surface area contributed by atoms with Crippen LogP contribution in [0.5, 0.6) is 0 Å². The number of aryl methyl sites for hydroxylation is 1. The molecule has 2 aliphatic carbocycles. The van der Waals surface area contributed by atoms with Gasteiger partial charge in [-0.2, -0.15) is 0 Å². The Bertz CT molecular complexity index is 1050. The predicted octanol–water partition coefficient (Wildman–Crippen LogP) is 8.46. The second-order valence-corrected chi connectivity index (χ2v) is 9.99. The number of rotatable bonds is 7. The molecule has 1 spiro atoms. The quantitative estimate of drug-likeness (QED) is 0.396.